The molecule has 1 aromatic heterocycles. The van der Waals surface area contributed by atoms with Crippen LogP contribution in [0.25, 0.3) is 0 Å². The van der Waals surface area contributed by atoms with E-state index >= 15 is 0 Å². The molecule has 1 amide bonds. The van der Waals surface area contributed by atoms with Crippen molar-refractivity contribution in [3.8, 4) is 0 Å². The van der Waals surface area contributed by atoms with Gasteiger partial charge in [-0.2, -0.15) is 0 Å². The first-order chi connectivity index (χ1) is 10.7. The number of benzene rings is 1. The normalized spacial score (nSPS) is 14.7. The molecule has 1 aromatic carbocycles. The van der Waals surface area contributed by atoms with Gasteiger partial charge in [-0.3, -0.25) is 4.79 Å². The summed E-state index contributed by atoms with van der Waals surface area (Å²) in [5, 5.41) is 10.8. The van der Waals surface area contributed by atoms with Crippen LogP contribution in [-0.2, 0) is 0 Å². The molecule has 0 saturated carbocycles. The van der Waals surface area contributed by atoms with Crippen molar-refractivity contribution in [2.45, 2.75) is 19.3 Å². The van der Waals surface area contributed by atoms with Gasteiger partial charge < -0.3 is 10.2 Å². The molecule has 2 aromatic rings. The molecule has 1 fully saturated rings. The van der Waals surface area contributed by atoms with Crippen LogP contribution in [0, 0.1) is 5.82 Å². The molecule has 0 unspecified atom stereocenters. The minimum absolute atomic E-state index is 0.252. The van der Waals surface area contributed by atoms with Gasteiger partial charge in [0, 0.05) is 18.7 Å². The lowest BCUT2D eigenvalue weighted by molar-refractivity contribution is 0.102. The monoisotopic (exact) mass is 300 g/mol. The van der Waals surface area contributed by atoms with Crippen LogP contribution < -0.4 is 10.2 Å². The molecule has 0 spiro atoms. The summed E-state index contributed by atoms with van der Waals surface area (Å²) >= 11 is 0. The predicted octanol–water partition coefficient (Wildman–Crippen LogP) is 2.86. The molecule has 3 rings (SSSR count). The van der Waals surface area contributed by atoms with Crippen LogP contribution in [0.5, 0.6) is 0 Å². The van der Waals surface area contributed by atoms with Crippen LogP contribution in [-0.4, -0.2) is 29.2 Å². The van der Waals surface area contributed by atoms with E-state index in [0.29, 0.717) is 5.82 Å². The maximum absolute atomic E-state index is 13.1. The SMILES string of the molecule is O=C(Nc1ccc(N2CCCCC2)nn1)c1cccc(F)c1. The lowest BCUT2D eigenvalue weighted by Gasteiger charge is -2.27. The van der Waals surface area contributed by atoms with Gasteiger partial charge in [0.1, 0.15) is 5.82 Å². The maximum Gasteiger partial charge on any atom is 0.256 e. The molecule has 22 heavy (non-hydrogen) atoms. The molecule has 114 valence electrons. The highest BCUT2D eigenvalue weighted by molar-refractivity contribution is 6.03. The quantitative estimate of drug-likeness (QED) is 0.947. The van der Waals surface area contributed by atoms with Crippen molar-refractivity contribution in [1.82, 2.24) is 10.2 Å². The first-order valence-electron chi connectivity index (χ1n) is 7.38. The molecule has 0 aliphatic carbocycles. The molecule has 1 aliphatic heterocycles. The molecule has 5 nitrogen and oxygen atoms in total. The second-order valence-corrected chi connectivity index (χ2v) is 5.29. The highest BCUT2D eigenvalue weighted by Crippen LogP contribution is 2.17. The standard InChI is InChI=1S/C16H17FN4O/c17-13-6-4-5-12(11-13)16(22)18-14-7-8-15(20-19-14)21-9-2-1-3-10-21/h4-8,11H,1-3,9-10H2,(H,18,19,22). The number of amides is 1. The van der Waals surface area contributed by atoms with Crippen molar-refractivity contribution in [2.75, 3.05) is 23.3 Å². The van der Waals surface area contributed by atoms with E-state index in [2.05, 4.69) is 20.4 Å². The molecule has 1 aliphatic rings. The van der Waals surface area contributed by atoms with Crippen molar-refractivity contribution in [2.24, 2.45) is 0 Å². The fourth-order valence-corrected chi connectivity index (χ4v) is 2.50. The van der Waals surface area contributed by atoms with Crippen LogP contribution in [0.3, 0.4) is 0 Å². The third-order valence-electron chi connectivity index (χ3n) is 3.66. The van der Waals surface area contributed by atoms with E-state index in [9.17, 15) is 9.18 Å². The van der Waals surface area contributed by atoms with E-state index in [1.807, 2.05) is 6.07 Å². The van der Waals surface area contributed by atoms with Crippen molar-refractivity contribution in [3.05, 3.63) is 47.8 Å². The molecule has 0 atom stereocenters. The van der Waals surface area contributed by atoms with Crippen molar-refractivity contribution in [1.29, 1.82) is 0 Å². The number of hydrogen-bond acceptors (Lipinski definition) is 4. The molecule has 1 N–H and O–H groups in total. The Kier molecular flexibility index (Phi) is 4.27. The molecular formula is C16H17FN4O. The number of aromatic nitrogens is 2. The summed E-state index contributed by atoms with van der Waals surface area (Å²) in [6.45, 7) is 1.98. The first kappa shape index (κ1) is 14.4. The average molecular weight is 300 g/mol. The highest BCUT2D eigenvalue weighted by atomic mass is 19.1. The number of halogens is 1. The van der Waals surface area contributed by atoms with E-state index < -0.39 is 11.7 Å². The number of carbonyl (C=O) groups excluding carboxylic acids is 1. The van der Waals surface area contributed by atoms with E-state index in [0.717, 1.165) is 18.9 Å². The van der Waals surface area contributed by atoms with Gasteiger partial charge in [-0.1, -0.05) is 6.07 Å². The Hall–Kier alpha value is -2.50. The van der Waals surface area contributed by atoms with Crippen LogP contribution >= 0.6 is 0 Å². The van der Waals surface area contributed by atoms with Gasteiger partial charge in [0.05, 0.1) is 0 Å². The average Bonchev–Trinajstić information content (AvgIpc) is 2.56. The zero-order valence-corrected chi connectivity index (χ0v) is 12.1. The van der Waals surface area contributed by atoms with Crippen LogP contribution in [0.4, 0.5) is 16.0 Å². The lowest BCUT2D eigenvalue weighted by Crippen LogP contribution is -2.30. The molecule has 6 heteroatoms. The highest BCUT2D eigenvalue weighted by Gasteiger charge is 2.13. The van der Waals surface area contributed by atoms with Crippen molar-refractivity contribution < 1.29 is 9.18 Å². The Morgan fingerprint density at radius 2 is 1.91 bits per heavy atom. The zero-order valence-electron chi connectivity index (χ0n) is 12.1. The Balaban J connectivity index is 1.66. The Morgan fingerprint density at radius 3 is 2.59 bits per heavy atom. The molecule has 0 bridgehead atoms. The van der Waals surface area contributed by atoms with Gasteiger partial charge in [-0.15, -0.1) is 10.2 Å². The smallest absolute Gasteiger partial charge is 0.256 e. The Labute approximate surface area is 128 Å². The maximum atomic E-state index is 13.1. The number of nitrogens with one attached hydrogen (secondary N) is 1. The first-order valence-corrected chi connectivity index (χ1v) is 7.38. The number of rotatable bonds is 3. The van der Waals surface area contributed by atoms with Crippen LogP contribution in [0.2, 0.25) is 0 Å². The number of anilines is 2. The van der Waals surface area contributed by atoms with E-state index in [4.69, 9.17) is 0 Å². The topological polar surface area (TPSA) is 58.1 Å². The summed E-state index contributed by atoms with van der Waals surface area (Å²) in [7, 11) is 0. The summed E-state index contributed by atoms with van der Waals surface area (Å²) in [5.74, 6) is 0.331. The predicted molar refractivity (Wildman–Crippen MR) is 82.4 cm³/mol. The van der Waals surface area contributed by atoms with Crippen LogP contribution in [0.1, 0.15) is 29.6 Å². The third kappa shape index (κ3) is 3.39. The minimum atomic E-state index is -0.445. The van der Waals surface area contributed by atoms with E-state index in [1.54, 1.807) is 12.1 Å². The van der Waals surface area contributed by atoms with Gasteiger partial charge in [-0.05, 0) is 49.6 Å². The van der Waals surface area contributed by atoms with Gasteiger partial charge in [0.15, 0.2) is 11.6 Å². The van der Waals surface area contributed by atoms with E-state index in [-0.39, 0.29) is 5.56 Å². The van der Waals surface area contributed by atoms with Gasteiger partial charge in [0.25, 0.3) is 5.91 Å². The van der Waals surface area contributed by atoms with Gasteiger partial charge >= 0.3 is 0 Å². The fraction of sp³-hybridized carbons (Fsp3) is 0.312. The minimum Gasteiger partial charge on any atom is -0.355 e. The summed E-state index contributed by atoms with van der Waals surface area (Å²) in [5.41, 5.74) is 0.252. The van der Waals surface area contributed by atoms with E-state index in [1.165, 1.54) is 37.5 Å². The Bertz CT molecular complexity index is 653. The van der Waals surface area contributed by atoms with Gasteiger partial charge in [0.2, 0.25) is 0 Å². The van der Waals surface area contributed by atoms with Crippen molar-refractivity contribution in [3.63, 3.8) is 0 Å². The second kappa shape index (κ2) is 6.51. The number of hydrogen-bond donors (Lipinski definition) is 1. The zero-order chi connectivity index (χ0) is 15.4. The second-order valence-electron chi connectivity index (χ2n) is 5.29. The van der Waals surface area contributed by atoms with Crippen LogP contribution in [0.15, 0.2) is 36.4 Å². The lowest BCUT2D eigenvalue weighted by atomic mass is 10.1. The number of nitrogens with zero attached hydrogens (tertiary/aromatic N) is 3. The van der Waals surface area contributed by atoms with Gasteiger partial charge in [-0.25, -0.2) is 4.39 Å². The number of carbonyl (C=O) groups is 1. The third-order valence-corrected chi connectivity index (χ3v) is 3.66. The van der Waals surface area contributed by atoms with Crippen molar-refractivity contribution >= 4 is 17.5 Å². The molecule has 2 heterocycles. The molecule has 0 radical (unpaired) electrons. The summed E-state index contributed by atoms with van der Waals surface area (Å²) < 4.78 is 13.1. The number of piperidine rings is 1. The molecule has 1 saturated heterocycles. The largest absolute Gasteiger partial charge is 0.355 e. The fourth-order valence-electron chi connectivity index (χ4n) is 2.50. The Morgan fingerprint density at radius 1 is 1.09 bits per heavy atom. The summed E-state index contributed by atoms with van der Waals surface area (Å²) in [4.78, 5) is 14.2. The summed E-state index contributed by atoms with van der Waals surface area (Å²) in [6, 6.07) is 9.09. The summed E-state index contributed by atoms with van der Waals surface area (Å²) in [6.07, 6.45) is 3.59. The molecular weight excluding hydrogens is 283 g/mol.